The fourth-order valence-corrected chi connectivity index (χ4v) is 1.77. The van der Waals surface area contributed by atoms with Crippen LogP contribution in [0, 0.1) is 5.41 Å². The molecule has 0 N–H and O–H groups in total. The van der Waals surface area contributed by atoms with Crippen LogP contribution in [0.1, 0.15) is 13.8 Å². The Morgan fingerprint density at radius 2 is 1.92 bits per heavy atom. The van der Waals surface area contributed by atoms with Gasteiger partial charge >= 0.3 is 0 Å². The number of hydrogen-bond acceptors (Lipinski definition) is 1. The molecular weight excluding hydrogens is 176 g/mol. The van der Waals surface area contributed by atoms with E-state index in [-0.39, 0.29) is 5.41 Å². The number of allylic oxidation sites excluding steroid dienone is 6. The fourth-order valence-electron chi connectivity index (χ4n) is 1.18. The Balaban J connectivity index is 3.09. The molecule has 0 atom stereocenters. The summed E-state index contributed by atoms with van der Waals surface area (Å²) in [7, 11) is 0. The van der Waals surface area contributed by atoms with Gasteiger partial charge in [0, 0.05) is 10.3 Å². The second kappa shape index (κ2) is 4.01. The summed E-state index contributed by atoms with van der Waals surface area (Å²) >= 11 is 1.76. The van der Waals surface area contributed by atoms with Gasteiger partial charge in [-0.3, -0.25) is 0 Å². The largest absolute Gasteiger partial charge is 0.129 e. The van der Waals surface area contributed by atoms with Gasteiger partial charge in [-0.25, -0.2) is 0 Å². The van der Waals surface area contributed by atoms with Crippen molar-refractivity contribution in [2.45, 2.75) is 13.8 Å². The lowest BCUT2D eigenvalue weighted by molar-refractivity contribution is 0.627. The van der Waals surface area contributed by atoms with Gasteiger partial charge in [-0.2, -0.15) is 0 Å². The third-order valence-corrected chi connectivity index (χ3v) is 2.89. The van der Waals surface area contributed by atoms with Crippen molar-refractivity contribution in [2.24, 2.45) is 5.41 Å². The fraction of sp³-hybridized carbons (Fsp3) is 0.333. The topological polar surface area (TPSA) is 0 Å². The molecule has 0 fully saturated rings. The zero-order valence-corrected chi connectivity index (χ0v) is 9.32. The molecule has 0 aromatic carbocycles. The molecule has 13 heavy (non-hydrogen) atoms. The Morgan fingerprint density at radius 1 is 1.31 bits per heavy atom. The van der Waals surface area contributed by atoms with Crippen molar-refractivity contribution in [3.63, 3.8) is 0 Å². The SMILES string of the molecule is C=CC1=C(SC)C=CC(C)(C)C=C1. The van der Waals surface area contributed by atoms with E-state index in [0.717, 1.165) is 0 Å². The summed E-state index contributed by atoms with van der Waals surface area (Å²) in [6.07, 6.45) is 12.8. The second-order valence-corrected chi connectivity index (χ2v) is 4.56. The van der Waals surface area contributed by atoms with E-state index >= 15 is 0 Å². The molecule has 0 aromatic heterocycles. The lowest BCUT2D eigenvalue weighted by Crippen LogP contribution is -2.00. The van der Waals surface area contributed by atoms with E-state index in [0.29, 0.717) is 0 Å². The van der Waals surface area contributed by atoms with E-state index in [1.54, 1.807) is 11.8 Å². The van der Waals surface area contributed by atoms with Gasteiger partial charge in [-0.05, 0) is 11.8 Å². The minimum absolute atomic E-state index is 0.158. The van der Waals surface area contributed by atoms with E-state index < -0.39 is 0 Å². The predicted octanol–water partition coefficient (Wildman–Crippen LogP) is 3.94. The molecule has 0 nitrogen and oxygen atoms in total. The number of rotatable bonds is 2. The standard InChI is InChI=1S/C12H16S/c1-5-10-6-8-12(2,3)9-7-11(10)13-4/h5-9H,1H2,2-4H3. The van der Waals surface area contributed by atoms with Crippen molar-refractivity contribution >= 4 is 11.8 Å². The molecule has 1 aliphatic rings. The molecule has 0 spiro atoms. The first kappa shape index (κ1) is 10.4. The summed E-state index contributed by atoms with van der Waals surface area (Å²) in [4.78, 5) is 1.29. The summed E-state index contributed by atoms with van der Waals surface area (Å²) < 4.78 is 0. The van der Waals surface area contributed by atoms with Crippen LogP contribution >= 0.6 is 11.8 Å². The van der Waals surface area contributed by atoms with E-state index in [9.17, 15) is 0 Å². The first-order valence-electron chi connectivity index (χ1n) is 4.38. The maximum atomic E-state index is 3.82. The molecule has 0 radical (unpaired) electrons. The highest BCUT2D eigenvalue weighted by molar-refractivity contribution is 8.02. The van der Waals surface area contributed by atoms with Crippen LogP contribution in [0.2, 0.25) is 0 Å². The highest BCUT2D eigenvalue weighted by Crippen LogP contribution is 2.29. The third-order valence-electron chi connectivity index (χ3n) is 2.08. The normalized spacial score (nSPS) is 20.2. The minimum Gasteiger partial charge on any atom is -0.129 e. The summed E-state index contributed by atoms with van der Waals surface area (Å²) in [5.74, 6) is 0. The van der Waals surface area contributed by atoms with E-state index in [4.69, 9.17) is 0 Å². The van der Waals surface area contributed by atoms with Crippen LogP contribution in [0.25, 0.3) is 0 Å². The predicted molar refractivity (Wildman–Crippen MR) is 62.8 cm³/mol. The zero-order valence-electron chi connectivity index (χ0n) is 8.50. The van der Waals surface area contributed by atoms with E-state index in [2.05, 4.69) is 51.0 Å². The molecule has 1 aliphatic carbocycles. The molecule has 0 saturated heterocycles. The van der Waals surface area contributed by atoms with Crippen LogP contribution < -0.4 is 0 Å². The van der Waals surface area contributed by atoms with Crippen molar-refractivity contribution in [1.29, 1.82) is 0 Å². The molecule has 0 saturated carbocycles. The zero-order chi connectivity index (χ0) is 9.90. The minimum atomic E-state index is 0.158. The van der Waals surface area contributed by atoms with Gasteiger partial charge in [0.2, 0.25) is 0 Å². The number of thioether (sulfide) groups is 1. The van der Waals surface area contributed by atoms with Crippen molar-refractivity contribution < 1.29 is 0 Å². The molecule has 1 heteroatoms. The third kappa shape index (κ3) is 2.63. The Hall–Kier alpha value is -0.690. The van der Waals surface area contributed by atoms with Crippen molar-refractivity contribution in [3.8, 4) is 0 Å². The van der Waals surface area contributed by atoms with Gasteiger partial charge < -0.3 is 0 Å². The van der Waals surface area contributed by atoms with Gasteiger partial charge in [0.15, 0.2) is 0 Å². The maximum Gasteiger partial charge on any atom is 0.0138 e. The number of hydrogen-bond donors (Lipinski definition) is 0. The highest BCUT2D eigenvalue weighted by atomic mass is 32.2. The van der Waals surface area contributed by atoms with Gasteiger partial charge in [0.1, 0.15) is 0 Å². The molecule has 70 valence electrons. The molecule has 0 amide bonds. The molecule has 0 aliphatic heterocycles. The molecule has 0 heterocycles. The van der Waals surface area contributed by atoms with Gasteiger partial charge in [0.05, 0.1) is 0 Å². The Morgan fingerprint density at radius 3 is 2.46 bits per heavy atom. The van der Waals surface area contributed by atoms with Crippen molar-refractivity contribution in [2.75, 3.05) is 6.26 Å². The first-order valence-corrected chi connectivity index (χ1v) is 5.61. The second-order valence-electron chi connectivity index (χ2n) is 3.72. The molecule has 0 unspecified atom stereocenters. The highest BCUT2D eigenvalue weighted by Gasteiger charge is 2.12. The molecular formula is C12H16S. The van der Waals surface area contributed by atoms with Crippen LogP contribution in [0.15, 0.2) is 47.4 Å². The summed E-state index contributed by atoms with van der Waals surface area (Å²) in [5, 5.41) is 0. The first-order chi connectivity index (χ1) is 6.09. The van der Waals surface area contributed by atoms with Crippen LogP contribution in [-0.2, 0) is 0 Å². The van der Waals surface area contributed by atoms with Crippen LogP contribution in [0.3, 0.4) is 0 Å². The monoisotopic (exact) mass is 192 g/mol. The van der Waals surface area contributed by atoms with Crippen molar-refractivity contribution in [3.05, 3.63) is 47.4 Å². The average molecular weight is 192 g/mol. The molecule has 0 bridgehead atoms. The van der Waals surface area contributed by atoms with Gasteiger partial charge in [-0.15, -0.1) is 11.8 Å². The van der Waals surface area contributed by atoms with Crippen LogP contribution in [-0.4, -0.2) is 6.26 Å². The summed E-state index contributed by atoms with van der Waals surface area (Å²) in [5.41, 5.74) is 1.38. The summed E-state index contributed by atoms with van der Waals surface area (Å²) in [6.45, 7) is 8.21. The maximum absolute atomic E-state index is 3.82. The Kier molecular flexibility index (Phi) is 3.21. The van der Waals surface area contributed by atoms with Gasteiger partial charge in [-0.1, -0.05) is 50.8 Å². The quantitative estimate of drug-likeness (QED) is 0.638. The average Bonchev–Trinajstić information content (AvgIpc) is 2.23. The van der Waals surface area contributed by atoms with E-state index in [1.165, 1.54) is 10.5 Å². The molecule has 0 aromatic rings. The molecule has 1 rings (SSSR count). The lowest BCUT2D eigenvalue weighted by atomic mass is 9.93. The summed E-state index contributed by atoms with van der Waals surface area (Å²) in [6, 6.07) is 0. The van der Waals surface area contributed by atoms with Crippen LogP contribution in [0.4, 0.5) is 0 Å². The van der Waals surface area contributed by atoms with Gasteiger partial charge in [0.25, 0.3) is 0 Å². The van der Waals surface area contributed by atoms with Crippen molar-refractivity contribution in [1.82, 2.24) is 0 Å². The van der Waals surface area contributed by atoms with Crippen LogP contribution in [0.5, 0.6) is 0 Å². The Labute approximate surface area is 85.1 Å². The lowest BCUT2D eigenvalue weighted by Gasteiger charge is -2.12. The van der Waals surface area contributed by atoms with E-state index in [1.807, 2.05) is 6.08 Å². The Bertz CT molecular complexity index is 290. The smallest absolute Gasteiger partial charge is 0.0138 e.